The van der Waals surface area contributed by atoms with E-state index in [1.807, 2.05) is 0 Å². The standard InChI is InChI=1S/C15H20N2O5S/c1-9(2)3-4-16-13(18)11-7-23-8-17(11)14(19)12-5-10(6-22-12)15(20)21/h5-6,9,11H,3-4,7-8H2,1-2H3,(H,16,18)(H,20,21). The minimum absolute atomic E-state index is 0.0649. The first kappa shape index (κ1) is 17.4. The number of thioether (sulfide) groups is 1. The SMILES string of the molecule is CC(C)CCNC(=O)C1CSCN1C(=O)c1cc(C(=O)O)co1. The van der Waals surface area contributed by atoms with Gasteiger partial charge in [-0.15, -0.1) is 11.8 Å². The highest BCUT2D eigenvalue weighted by atomic mass is 32.2. The summed E-state index contributed by atoms with van der Waals surface area (Å²) in [6, 6.07) is 0.625. The van der Waals surface area contributed by atoms with Crippen molar-refractivity contribution >= 4 is 29.5 Å². The monoisotopic (exact) mass is 340 g/mol. The fourth-order valence-corrected chi connectivity index (χ4v) is 3.32. The number of carboxylic acid groups (broad SMARTS) is 1. The number of carbonyl (C=O) groups is 3. The summed E-state index contributed by atoms with van der Waals surface area (Å²) in [6.07, 6.45) is 1.90. The van der Waals surface area contributed by atoms with Crippen LogP contribution in [0.4, 0.5) is 0 Å². The van der Waals surface area contributed by atoms with Crippen LogP contribution in [-0.4, -0.2) is 52.0 Å². The van der Waals surface area contributed by atoms with E-state index < -0.39 is 17.9 Å². The molecule has 0 spiro atoms. The Hall–Kier alpha value is -1.96. The summed E-state index contributed by atoms with van der Waals surface area (Å²) in [5, 5.41) is 11.7. The molecule has 1 aromatic heterocycles. The van der Waals surface area contributed by atoms with E-state index in [-0.39, 0.29) is 17.2 Å². The molecule has 1 saturated heterocycles. The molecule has 2 N–H and O–H groups in total. The maximum absolute atomic E-state index is 12.4. The molecule has 1 aromatic rings. The van der Waals surface area contributed by atoms with Crippen LogP contribution in [0.5, 0.6) is 0 Å². The fourth-order valence-electron chi connectivity index (χ4n) is 2.16. The molecule has 1 fully saturated rings. The highest BCUT2D eigenvalue weighted by molar-refractivity contribution is 7.99. The van der Waals surface area contributed by atoms with Crippen LogP contribution >= 0.6 is 11.8 Å². The number of carbonyl (C=O) groups excluding carboxylic acids is 2. The van der Waals surface area contributed by atoms with Gasteiger partial charge >= 0.3 is 5.97 Å². The normalized spacial score (nSPS) is 17.5. The fraction of sp³-hybridized carbons (Fsp3) is 0.533. The Morgan fingerprint density at radius 3 is 2.83 bits per heavy atom. The number of nitrogens with one attached hydrogen (secondary N) is 1. The lowest BCUT2D eigenvalue weighted by Crippen LogP contribution is -2.47. The summed E-state index contributed by atoms with van der Waals surface area (Å²) >= 11 is 1.48. The van der Waals surface area contributed by atoms with Crippen molar-refractivity contribution in [2.75, 3.05) is 18.2 Å². The van der Waals surface area contributed by atoms with Crippen molar-refractivity contribution in [1.82, 2.24) is 10.2 Å². The van der Waals surface area contributed by atoms with Gasteiger partial charge in [-0.2, -0.15) is 0 Å². The molecular formula is C15H20N2O5S. The Balaban J connectivity index is 2.00. The molecule has 0 saturated carbocycles. The first-order valence-corrected chi connectivity index (χ1v) is 8.54. The average Bonchev–Trinajstić information content (AvgIpc) is 3.15. The van der Waals surface area contributed by atoms with Crippen LogP contribution in [0.1, 0.15) is 41.2 Å². The summed E-state index contributed by atoms with van der Waals surface area (Å²) in [7, 11) is 0. The van der Waals surface area contributed by atoms with Gasteiger partial charge in [0.05, 0.1) is 11.4 Å². The second-order valence-corrected chi connectivity index (χ2v) is 6.77. The van der Waals surface area contributed by atoms with Crippen LogP contribution in [0.2, 0.25) is 0 Å². The molecule has 0 aliphatic carbocycles. The van der Waals surface area contributed by atoms with Crippen molar-refractivity contribution in [3.05, 3.63) is 23.7 Å². The van der Waals surface area contributed by atoms with Gasteiger partial charge in [-0.05, 0) is 12.3 Å². The van der Waals surface area contributed by atoms with Gasteiger partial charge in [0.25, 0.3) is 5.91 Å². The van der Waals surface area contributed by atoms with Crippen molar-refractivity contribution in [3.8, 4) is 0 Å². The Bertz CT molecular complexity index is 598. The zero-order valence-electron chi connectivity index (χ0n) is 13.1. The van der Waals surface area contributed by atoms with Crippen molar-refractivity contribution in [3.63, 3.8) is 0 Å². The topological polar surface area (TPSA) is 99.9 Å². The number of hydrogen-bond acceptors (Lipinski definition) is 5. The number of nitrogens with zero attached hydrogens (tertiary/aromatic N) is 1. The molecule has 2 rings (SSSR count). The predicted molar refractivity (Wildman–Crippen MR) is 85.4 cm³/mol. The van der Waals surface area contributed by atoms with Crippen LogP contribution in [0.25, 0.3) is 0 Å². The van der Waals surface area contributed by atoms with Gasteiger partial charge in [0.1, 0.15) is 12.3 Å². The number of hydrogen-bond donors (Lipinski definition) is 2. The predicted octanol–water partition coefficient (Wildman–Crippen LogP) is 1.66. The summed E-state index contributed by atoms with van der Waals surface area (Å²) < 4.78 is 5.03. The Labute approximate surface area is 138 Å². The number of rotatable bonds is 6. The highest BCUT2D eigenvalue weighted by Gasteiger charge is 2.36. The van der Waals surface area contributed by atoms with E-state index >= 15 is 0 Å². The number of aromatic carboxylic acids is 1. The van der Waals surface area contributed by atoms with E-state index in [2.05, 4.69) is 19.2 Å². The van der Waals surface area contributed by atoms with E-state index in [4.69, 9.17) is 9.52 Å². The van der Waals surface area contributed by atoms with E-state index in [0.29, 0.717) is 24.1 Å². The molecule has 1 unspecified atom stereocenters. The third-order valence-corrected chi connectivity index (χ3v) is 4.54. The number of carboxylic acids is 1. The molecule has 0 aromatic carbocycles. The highest BCUT2D eigenvalue weighted by Crippen LogP contribution is 2.24. The van der Waals surface area contributed by atoms with E-state index in [0.717, 1.165) is 12.7 Å². The minimum atomic E-state index is -1.16. The van der Waals surface area contributed by atoms with Crippen LogP contribution < -0.4 is 5.32 Å². The van der Waals surface area contributed by atoms with Crippen LogP contribution in [0.15, 0.2) is 16.7 Å². The van der Waals surface area contributed by atoms with Gasteiger partial charge in [0.2, 0.25) is 5.91 Å². The zero-order valence-corrected chi connectivity index (χ0v) is 13.9. The van der Waals surface area contributed by atoms with Gasteiger partial charge in [0, 0.05) is 18.4 Å². The molecule has 1 aliphatic rings. The lowest BCUT2D eigenvalue weighted by Gasteiger charge is -2.22. The van der Waals surface area contributed by atoms with Crippen molar-refractivity contribution < 1.29 is 23.9 Å². The Morgan fingerprint density at radius 2 is 2.22 bits per heavy atom. The second-order valence-electron chi connectivity index (χ2n) is 5.77. The largest absolute Gasteiger partial charge is 0.478 e. The van der Waals surface area contributed by atoms with E-state index in [9.17, 15) is 14.4 Å². The van der Waals surface area contributed by atoms with Crippen molar-refractivity contribution in [1.29, 1.82) is 0 Å². The quantitative estimate of drug-likeness (QED) is 0.817. The lowest BCUT2D eigenvalue weighted by molar-refractivity contribution is -0.124. The van der Waals surface area contributed by atoms with Crippen molar-refractivity contribution in [2.24, 2.45) is 5.92 Å². The second kappa shape index (κ2) is 7.54. The molecule has 7 nitrogen and oxygen atoms in total. The first-order chi connectivity index (χ1) is 10.9. The van der Waals surface area contributed by atoms with Crippen molar-refractivity contribution in [2.45, 2.75) is 26.3 Å². The molecule has 0 radical (unpaired) electrons. The minimum Gasteiger partial charge on any atom is -0.478 e. The Morgan fingerprint density at radius 1 is 1.48 bits per heavy atom. The number of amides is 2. The molecule has 2 amide bonds. The summed E-state index contributed by atoms with van der Waals surface area (Å²) in [4.78, 5) is 36.9. The van der Waals surface area contributed by atoms with Gasteiger partial charge in [-0.1, -0.05) is 13.8 Å². The van der Waals surface area contributed by atoms with Gasteiger partial charge in [0.15, 0.2) is 5.76 Å². The Kier molecular flexibility index (Phi) is 5.70. The molecule has 1 atom stereocenters. The van der Waals surface area contributed by atoms with Gasteiger partial charge < -0.3 is 19.7 Å². The molecule has 2 heterocycles. The average molecular weight is 340 g/mol. The number of furan rings is 1. The molecule has 23 heavy (non-hydrogen) atoms. The van der Waals surface area contributed by atoms with Crippen LogP contribution in [0.3, 0.4) is 0 Å². The summed E-state index contributed by atoms with van der Waals surface area (Å²) in [5.74, 6) is -0.490. The van der Waals surface area contributed by atoms with Crippen LogP contribution in [-0.2, 0) is 4.79 Å². The maximum atomic E-state index is 12.4. The van der Waals surface area contributed by atoms with E-state index in [1.54, 1.807) is 0 Å². The van der Waals surface area contributed by atoms with Gasteiger partial charge in [-0.3, -0.25) is 9.59 Å². The molecule has 8 heteroatoms. The first-order valence-electron chi connectivity index (χ1n) is 7.38. The molecule has 0 bridgehead atoms. The third-order valence-electron chi connectivity index (χ3n) is 3.52. The lowest BCUT2D eigenvalue weighted by atomic mass is 10.1. The maximum Gasteiger partial charge on any atom is 0.338 e. The van der Waals surface area contributed by atoms with Gasteiger partial charge in [-0.25, -0.2) is 4.79 Å². The van der Waals surface area contributed by atoms with E-state index in [1.165, 1.54) is 22.7 Å². The smallest absolute Gasteiger partial charge is 0.338 e. The third kappa shape index (κ3) is 4.28. The molecule has 1 aliphatic heterocycles. The summed E-state index contributed by atoms with van der Waals surface area (Å²) in [5.41, 5.74) is -0.0851. The zero-order chi connectivity index (χ0) is 17.0. The molecular weight excluding hydrogens is 320 g/mol. The van der Waals surface area contributed by atoms with Crippen LogP contribution in [0, 0.1) is 5.92 Å². The molecule has 126 valence electrons. The summed E-state index contributed by atoms with van der Waals surface area (Å²) in [6.45, 7) is 4.72.